The fourth-order valence-corrected chi connectivity index (χ4v) is 6.02. The molecule has 7 heterocycles. The Morgan fingerprint density at radius 1 is 0.927 bits per heavy atom. The van der Waals surface area contributed by atoms with Crippen LogP contribution in [0.25, 0.3) is 28.0 Å². The maximum Gasteiger partial charge on any atom is 0.227 e. The first-order valence-corrected chi connectivity index (χ1v) is 14.1. The van der Waals surface area contributed by atoms with E-state index in [-0.39, 0.29) is 11.6 Å². The predicted octanol–water partition coefficient (Wildman–Crippen LogP) is 4.80. The Morgan fingerprint density at radius 3 is 2.41 bits per heavy atom. The van der Waals surface area contributed by atoms with E-state index in [9.17, 15) is 5.26 Å². The second kappa shape index (κ2) is 9.82. The molecule has 41 heavy (non-hydrogen) atoms. The van der Waals surface area contributed by atoms with Crippen molar-refractivity contribution >= 4 is 28.9 Å². The van der Waals surface area contributed by atoms with E-state index in [1.807, 2.05) is 35.4 Å². The first-order chi connectivity index (χ1) is 19.9. The van der Waals surface area contributed by atoms with Gasteiger partial charge in [0.25, 0.3) is 0 Å². The van der Waals surface area contributed by atoms with Crippen molar-refractivity contribution in [2.45, 2.75) is 44.7 Å². The number of rotatable bonds is 5. The second-order valence-corrected chi connectivity index (χ2v) is 11.3. The zero-order valence-electron chi connectivity index (χ0n) is 22.8. The molecule has 0 amide bonds. The lowest BCUT2D eigenvalue weighted by Gasteiger charge is -2.56. The summed E-state index contributed by atoms with van der Waals surface area (Å²) in [6.07, 6.45) is 13.9. The van der Waals surface area contributed by atoms with Gasteiger partial charge in [0.05, 0.1) is 30.0 Å². The Hall–Kier alpha value is -4.56. The van der Waals surface area contributed by atoms with Crippen molar-refractivity contribution < 1.29 is 0 Å². The average molecular weight is 566 g/mol. The van der Waals surface area contributed by atoms with Crippen LogP contribution in [0.1, 0.15) is 44.7 Å². The van der Waals surface area contributed by atoms with E-state index in [0.29, 0.717) is 27.9 Å². The van der Waals surface area contributed by atoms with E-state index < -0.39 is 0 Å². The zero-order valence-corrected chi connectivity index (χ0v) is 23.6. The van der Waals surface area contributed by atoms with Crippen molar-refractivity contribution in [2.24, 2.45) is 0 Å². The molecule has 0 N–H and O–H groups in total. The summed E-state index contributed by atoms with van der Waals surface area (Å²) in [6.45, 7) is 6.89. The van der Waals surface area contributed by atoms with Crippen LogP contribution in [0, 0.1) is 11.3 Å². The topological polar surface area (TPSA) is 117 Å². The van der Waals surface area contributed by atoms with Crippen LogP contribution >= 0.6 is 11.6 Å². The van der Waals surface area contributed by atoms with Crippen LogP contribution in [0.5, 0.6) is 0 Å². The van der Waals surface area contributed by atoms with Crippen molar-refractivity contribution in [3.05, 3.63) is 66.1 Å². The molecule has 7 rings (SSSR count). The molecule has 0 unspecified atom stereocenters. The summed E-state index contributed by atoms with van der Waals surface area (Å²) in [4.78, 5) is 23.3. The maximum absolute atomic E-state index is 9.75. The van der Waals surface area contributed by atoms with Gasteiger partial charge in [0.15, 0.2) is 0 Å². The monoisotopic (exact) mass is 565 g/mol. The van der Waals surface area contributed by atoms with Gasteiger partial charge in [-0.15, -0.1) is 0 Å². The summed E-state index contributed by atoms with van der Waals surface area (Å²) >= 11 is 6.13. The Labute approximate surface area is 242 Å². The van der Waals surface area contributed by atoms with Gasteiger partial charge in [-0.1, -0.05) is 11.6 Å². The van der Waals surface area contributed by atoms with E-state index in [0.717, 1.165) is 61.5 Å². The zero-order chi connectivity index (χ0) is 28.1. The Bertz CT molecular complexity index is 1770. The minimum atomic E-state index is 0.0795. The lowest BCUT2D eigenvalue weighted by Crippen LogP contribution is -2.65. The molecule has 206 valence electrons. The molecule has 0 radical (unpaired) electrons. The lowest BCUT2D eigenvalue weighted by atomic mass is 9.76. The van der Waals surface area contributed by atoms with Gasteiger partial charge in [0.1, 0.15) is 28.1 Å². The molecule has 2 saturated heterocycles. The van der Waals surface area contributed by atoms with E-state index in [1.165, 1.54) is 0 Å². The highest BCUT2D eigenvalue weighted by molar-refractivity contribution is 6.29. The molecule has 0 aromatic carbocycles. The Balaban J connectivity index is 1.15. The molecule has 2 aliphatic rings. The molecule has 5 aromatic rings. The van der Waals surface area contributed by atoms with Gasteiger partial charge in [0, 0.05) is 60.9 Å². The third-order valence-electron chi connectivity index (χ3n) is 8.31. The van der Waals surface area contributed by atoms with Crippen LogP contribution in [-0.2, 0) is 0 Å². The lowest BCUT2D eigenvalue weighted by molar-refractivity contribution is 0.215. The molecule has 0 saturated carbocycles. The van der Waals surface area contributed by atoms with Crippen LogP contribution in [0.15, 0.2) is 55.4 Å². The smallest absolute Gasteiger partial charge is 0.227 e. The third kappa shape index (κ3) is 4.35. The van der Waals surface area contributed by atoms with Crippen molar-refractivity contribution in [2.75, 3.05) is 29.4 Å². The maximum atomic E-state index is 9.75. The first-order valence-electron chi connectivity index (χ1n) is 13.7. The van der Waals surface area contributed by atoms with Crippen LogP contribution in [-0.4, -0.2) is 64.5 Å². The van der Waals surface area contributed by atoms with Crippen molar-refractivity contribution in [3.8, 4) is 28.6 Å². The number of anilines is 2. The Kier molecular flexibility index (Phi) is 6.08. The van der Waals surface area contributed by atoms with Gasteiger partial charge in [-0.05, 0) is 51.3 Å². The number of fused-ring (bicyclic) bond motifs is 1. The summed E-state index contributed by atoms with van der Waals surface area (Å²) in [7, 11) is 0. The molecule has 0 aliphatic carbocycles. The summed E-state index contributed by atoms with van der Waals surface area (Å²) in [5.74, 6) is 1.64. The molecule has 5 aromatic heterocycles. The molecular weight excluding hydrogens is 538 g/mol. The summed E-state index contributed by atoms with van der Waals surface area (Å²) in [5.41, 5.74) is 4.31. The van der Waals surface area contributed by atoms with Gasteiger partial charge in [-0.2, -0.15) is 15.5 Å². The van der Waals surface area contributed by atoms with Crippen LogP contribution in [0.2, 0.25) is 5.15 Å². The number of aromatic nitrogens is 8. The highest BCUT2D eigenvalue weighted by Gasteiger charge is 2.47. The molecular formula is C29H28ClN11. The number of piperidine rings is 1. The quantitative estimate of drug-likeness (QED) is 0.277. The minimum absolute atomic E-state index is 0.0795. The van der Waals surface area contributed by atoms with Crippen molar-refractivity contribution in [1.29, 1.82) is 5.26 Å². The first kappa shape index (κ1) is 25.4. The minimum Gasteiger partial charge on any atom is -0.356 e. The van der Waals surface area contributed by atoms with E-state index in [4.69, 9.17) is 21.6 Å². The molecule has 11 nitrogen and oxygen atoms in total. The van der Waals surface area contributed by atoms with Gasteiger partial charge in [0.2, 0.25) is 5.95 Å². The molecule has 0 atom stereocenters. The van der Waals surface area contributed by atoms with Crippen molar-refractivity contribution in [1.82, 2.24) is 39.3 Å². The summed E-state index contributed by atoms with van der Waals surface area (Å²) < 4.78 is 3.61. The predicted molar refractivity (Wildman–Crippen MR) is 156 cm³/mol. The second-order valence-electron chi connectivity index (χ2n) is 10.9. The van der Waals surface area contributed by atoms with E-state index in [2.05, 4.69) is 49.9 Å². The fourth-order valence-electron chi connectivity index (χ4n) is 5.88. The fraction of sp³-hybridized carbons (Fsp3) is 0.345. The highest BCUT2D eigenvalue weighted by Crippen LogP contribution is 2.42. The number of pyridine rings is 1. The van der Waals surface area contributed by atoms with Crippen molar-refractivity contribution in [3.63, 3.8) is 0 Å². The molecule has 12 heteroatoms. The standard InChI is InChI=1S/C29H28ClN11/c1-19(2)40-17-22(16-34-40)23-18-41-27(21(13-31)15-35-41)26(36-23)20-3-4-25(33-14-20)38-10-6-29(7-11-38)8-12-39(29)28-32-9-5-24(30)37-28/h3-5,9,14-19H,6-8,10-12H2,1-2H3. The SMILES string of the molecule is CC(C)n1cc(-c2cn3ncc(C#N)c3c(-c3ccc(N4CCC5(CC4)CCN5c4nccc(Cl)n4)nc3)n2)cn1. The van der Waals surface area contributed by atoms with E-state index >= 15 is 0 Å². The summed E-state index contributed by atoms with van der Waals surface area (Å²) in [6, 6.07) is 8.26. The van der Waals surface area contributed by atoms with Gasteiger partial charge in [-0.3, -0.25) is 4.68 Å². The normalized spacial score (nSPS) is 16.4. The van der Waals surface area contributed by atoms with Gasteiger partial charge >= 0.3 is 0 Å². The largest absolute Gasteiger partial charge is 0.356 e. The molecule has 2 aliphatic heterocycles. The summed E-state index contributed by atoms with van der Waals surface area (Å²) in [5, 5.41) is 19.1. The molecule has 2 fully saturated rings. The number of hydrogen-bond donors (Lipinski definition) is 0. The number of hydrogen-bond acceptors (Lipinski definition) is 9. The van der Waals surface area contributed by atoms with E-state index in [1.54, 1.807) is 29.2 Å². The number of nitriles is 1. The number of halogens is 1. The van der Waals surface area contributed by atoms with Crippen LogP contribution in [0.4, 0.5) is 11.8 Å². The third-order valence-corrected chi connectivity index (χ3v) is 8.52. The van der Waals surface area contributed by atoms with Gasteiger partial charge < -0.3 is 9.80 Å². The highest BCUT2D eigenvalue weighted by atomic mass is 35.5. The van der Waals surface area contributed by atoms with Gasteiger partial charge in [-0.25, -0.2) is 24.5 Å². The molecule has 0 bridgehead atoms. The van der Waals surface area contributed by atoms with Crippen LogP contribution in [0.3, 0.4) is 0 Å². The average Bonchev–Trinajstić information content (AvgIpc) is 3.64. The number of nitrogens with zero attached hydrogens (tertiary/aromatic N) is 11. The Morgan fingerprint density at radius 2 is 1.76 bits per heavy atom. The molecule has 1 spiro atoms. The van der Waals surface area contributed by atoms with Crippen LogP contribution < -0.4 is 9.80 Å².